The van der Waals surface area contributed by atoms with Crippen LogP contribution in [0.15, 0.2) is 60.8 Å². The molecular formula is C20H21ClN4O. The Labute approximate surface area is 158 Å². The predicted octanol–water partition coefficient (Wildman–Crippen LogP) is 4.13. The first-order valence-corrected chi connectivity index (χ1v) is 8.85. The van der Waals surface area contributed by atoms with Gasteiger partial charge in [0.2, 0.25) is 5.91 Å². The smallest absolute Gasteiger partial charge is 0.239 e. The Morgan fingerprint density at radius 1 is 1.12 bits per heavy atom. The van der Waals surface area contributed by atoms with Gasteiger partial charge in [0.1, 0.15) is 0 Å². The Kier molecular flexibility index (Phi) is 5.71. The van der Waals surface area contributed by atoms with Crippen LogP contribution in [0.25, 0.3) is 16.8 Å². The van der Waals surface area contributed by atoms with Crippen molar-refractivity contribution in [1.29, 1.82) is 0 Å². The van der Waals surface area contributed by atoms with Crippen LogP contribution >= 0.6 is 11.6 Å². The average Bonchev–Trinajstić information content (AvgIpc) is 3.05. The molecule has 0 radical (unpaired) electrons. The van der Waals surface area contributed by atoms with Gasteiger partial charge in [0.15, 0.2) is 5.82 Å². The van der Waals surface area contributed by atoms with Gasteiger partial charge >= 0.3 is 0 Å². The standard InChI is InChI=1S/C20H21ClN4O/c1-14(2)22-12-19(26)23-20-18(15-8-10-16(21)11-9-15)13-25(24-20)17-6-4-3-5-7-17/h3-11,13-14,22H,12H2,1-2H3,(H,23,24,26). The molecule has 26 heavy (non-hydrogen) atoms. The molecule has 3 aromatic rings. The van der Waals surface area contributed by atoms with Crippen molar-refractivity contribution in [3.8, 4) is 16.8 Å². The number of carbonyl (C=O) groups is 1. The summed E-state index contributed by atoms with van der Waals surface area (Å²) in [6, 6.07) is 17.5. The summed E-state index contributed by atoms with van der Waals surface area (Å²) in [6.45, 7) is 4.23. The minimum Gasteiger partial charge on any atom is -0.308 e. The monoisotopic (exact) mass is 368 g/mol. The van der Waals surface area contributed by atoms with E-state index in [0.717, 1.165) is 16.8 Å². The number of anilines is 1. The van der Waals surface area contributed by atoms with Crippen LogP contribution in [0.2, 0.25) is 5.02 Å². The molecule has 1 aromatic heterocycles. The average molecular weight is 369 g/mol. The number of benzene rings is 2. The first-order valence-electron chi connectivity index (χ1n) is 8.47. The van der Waals surface area contributed by atoms with Crippen molar-refractivity contribution < 1.29 is 4.79 Å². The molecule has 0 fully saturated rings. The highest BCUT2D eigenvalue weighted by Crippen LogP contribution is 2.29. The second-order valence-corrected chi connectivity index (χ2v) is 6.70. The van der Waals surface area contributed by atoms with Crippen LogP contribution < -0.4 is 10.6 Å². The van der Waals surface area contributed by atoms with E-state index in [0.29, 0.717) is 10.8 Å². The zero-order valence-electron chi connectivity index (χ0n) is 14.7. The number of para-hydroxylation sites is 1. The molecule has 0 atom stereocenters. The number of carbonyl (C=O) groups excluding carboxylic acids is 1. The molecule has 3 rings (SSSR count). The molecule has 6 heteroatoms. The van der Waals surface area contributed by atoms with Gasteiger partial charge < -0.3 is 10.6 Å². The van der Waals surface area contributed by atoms with Gasteiger partial charge in [-0.15, -0.1) is 5.10 Å². The molecule has 5 nitrogen and oxygen atoms in total. The fourth-order valence-corrected chi connectivity index (χ4v) is 2.62. The molecule has 1 heterocycles. The molecule has 1 amide bonds. The van der Waals surface area contributed by atoms with Crippen LogP contribution in [0.5, 0.6) is 0 Å². The number of hydrogen-bond donors (Lipinski definition) is 2. The minimum absolute atomic E-state index is 0.132. The third kappa shape index (κ3) is 4.50. The van der Waals surface area contributed by atoms with Crippen molar-refractivity contribution in [2.75, 3.05) is 11.9 Å². The number of hydrogen-bond acceptors (Lipinski definition) is 3. The number of halogens is 1. The SMILES string of the molecule is CC(C)NCC(=O)Nc1nn(-c2ccccc2)cc1-c1ccc(Cl)cc1. The molecule has 0 saturated heterocycles. The molecule has 0 aliphatic rings. The Morgan fingerprint density at radius 3 is 2.46 bits per heavy atom. The first kappa shape index (κ1) is 18.2. The lowest BCUT2D eigenvalue weighted by atomic mass is 10.1. The number of rotatable bonds is 6. The second kappa shape index (κ2) is 8.17. The van der Waals surface area contributed by atoms with Crippen molar-refractivity contribution in [3.63, 3.8) is 0 Å². The molecule has 0 spiro atoms. The van der Waals surface area contributed by atoms with Crippen molar-refractivity contribution >= 4 is 23.3 Å². The zero-order valence-corrected chi connectivity index (χ0v) is 15.5. The normalized spacial score (nSPS) is 10.9. The van der Waals surface area contributed by atoms with E-state index in [-0.39, 0.29) is 18.5 Å². The van der Waals surface area contributed by atoms with Gasteiger partial charge in [-0.05, 0) is 29.8 Å². The lowest BCUT2D eigenvalue weighted by Gasteiger charge is -2.08. The Balaban J connectivity index is 1.94. The maximum Gasteiger partial charge on any atom is 0.239 e. The largest absolute Gasteiger partial charge is 0.308 e. The first-order chi connectivity index (χ1) is 12.5. The predicted molar refractivity (Wildman–Crippen MR) is 106 cm³/mol. The summed E-state index contributed by atoms with van der Waals surface area (Å²) in [5, 5.41) is 11.2. The van der Waals surface area contributed by atoms with Crippen LogP contribution in [0.3, 0.4) is 0 Å². The summed E-state index contributed by atoms with van der Waals surface area (Å²) < 4.78 is 1.76. The Bertz CT molecular complexity index is 873. The van der Waals surface area contributed by atoms with Gasteiger partial charge in [-0.25, -0.2) is 4.68 Å². The maximum absolute atomic E-state index is 12.3. The van der Waals surface area contributed by atoms with E-state index in [1.807, 2.05) is 74.6 Å². The molecule has 134 valence electrons. The zero-order chi connectivity index (χ0) is 18.5. The van der Waals surface area contributed by atoms with E-state index < -0.39 is 0 Å². The molecule has 0 aliphatic carbocycles. The number of nitrogens with zero attached hydrogens (tertiary/aromatic N) is 2. The van der Waals surface area contributed by atoms with E-state index in [9.17, 15) is 4.79 Å². The Morgan fingerprint density at radius 2 is 1.81 bits per heavy atom. The van der Waals surface area contributed by atoms with Gasteiger partial charge in [0.05, 0.1) is 12.2 Å². The summed E-state index contributed by atoms with van der Waals surface area (Å²) in [4.78, 5) is 12.3. The third-order valence-corrected chi connectivity index (χ3v) is 4.07. The highest BCUT2D eigenvalue weighted by molar-refractivity contribution is 6.30. The minimum atomic E-state index is -0.132. The summed E-state index contributed by atoms with van der Waals surface area (Å²) in [7, 11) is 0. The number of amides is 1. The molecule has 0 saturated carbocycles. The molecule has 0 aliphatic heterocycles. The van der Waals surface area contributed by atoms with E-state index in [1.54, 1.807) is 4.68 Å². The van der Waals surface area contributed by atoms with Crippen LogP contribution in [0.4, 0.5) is 5.82 Å². The van der Waals surface area contributed by atoms with E-state index in [1.165, 1.54) is 0 Å². The van der Waals surface area contributed by atoms with Gasteiger partial charge in [0, 0.05) is 22.8 Å². The fraction of sp³-hybridized carbons (Fsp3) is 0.200. The molecule has 2 aromatic carbocycles. The van der Waals surface area contributed by atoms with Crippen molar-refractivity contribution in [2.24, 2.45) is 0 Å². The van der Waals surface area contributed by atoms with E-state index >= 15 is 0 Å². The van der Waals surface area contributed by atoms with Crippen LogP contribution in [-0.4, -0.2) is 28.3 Å². The summed E-state index contributed by atoms with van der Waals surface area (Å²) in [5.74, 6) is 0.388. The molecule has 0 unspecified atom stereocenters. The Hall–Kier alpha value is -2.63. The van der Waals surface area contributed by atoms with Crippen molar-refractivity contribution in [2.45, 2.75) is 19.9 Å². The lowest BCUT2D eigenvalue weighted by molar-refractivity contribution is -0.115. The van der Waals surface area contributed by atoms with Crippen LogP contribution in [-0.2, 0) is 4.79 Å². The van der Waals surface area contributed by atoms with Gasteiger partial charge in [-0.1, -0.05) is 55.8 Å². The van der Waals surface area contributed by atoms with E-state index in [4.69, 9.17) is 11.6 Å². The number of nitrogens with one attached hydrogen (secondary N) is 2. The maximum atomic E-state index is 12.3. The summed E-state index contributed by atoms with van der Waals surface area (Å²) in [6.07, 6.45) is 1.91. The molecule has 0 bridgehead atoms. The van der Waals surface area contributed by atoms with Crippen molar-refractivity contribution in [1.82, 2.24) is 15.1 Å². The quantitative estimate of drug-likeness (QED) is 0.687. The van der Waals surface area contributed by atoms with Crippen LogP contribution in [0.1, 0.15) is 13.8 Å². The van der Waals surface area contributed by atoms with Gasteiger partial charge in [0.25, 0.3) is 0 Å². The van der Waals surface area contributed by atoms with Crippen LogP contribution in [0, 0.1) is 0 Å². The van der Waals surface area contributed by atoms with Gasteiger partial charge in [-0.2, -0.15) is 0 Å². The topological polar surface area (TPSA) is 59.0 Å². The second-order valence-electron chi connectivity index (χ2n) is 6.26. The molecular weight excluding hydrogens is 348 g/mol. The summed E-state index contributed by atoms with van der Waals surface area (Å²) >= 11 is 6.00. The van der Waals surface area contributed by atoms with Gasteiger partial charge in [-0.3, -0.25) is 4.79 Å². The van der Waals surface area contributed by atoms with Crippen molar-refractivity contribution in [3.05, 3.63) is 65.8 Å². The highest BCUT2D eigenvalue weighted by Gasteiger charge is 2.15. The number of aromatic nitrogens is 2. The fourth-order valence-electron chi connectivity index (χ4n) is 2.49. The van der Waals surface area contributed by atoms with E-state index in [2.05, 4.69) is 15.7 Å². The highest BCUT2D eigenvalue weighted by atomic mass is 35.5. The third-order valence-electron chi connectivity index (χ3n) is 3.82. The molecule has 2 N–H and O–H groups in total. The summed E-state index contributed by atoms with van der Waals surface area (Å²) in [5.41, 5.74) is 2.69. The lowest BCUT2D eigenvalue weighted by Crippen LogP contribution is -2.32.